The van der Waals surface area contributed by atoms with Gasteiger partial charge in [0, 0.05) is 20.4 Å². The van der Waals surface area contributed by atoms with Gasteiger partial charge in [0.15, 0.2) is 0 Å². The van der Waals surface area contributed by atoms with Gasteiger partial charge in [-0.05, 0) is 36.2 Å². The monoisotopic (exact) mass is 433 g/mol. The smallest absolute Gasteiger partial charge is 0.203 e. The minimum Gasteiger partial charge on any atom is -0.252 e. The van der Waals surface area contributed by atoms with E-state index in [0.717, 1.165) is 50.0 Å². The molecule has 0 spiro atoms. The molecular weight excluding hydrogens is 418 g/mol. The quantitative estimate of drug-likeness (QED) is 0.340. The molecule has 0 saturated carbocycles. The van der Waals surface area contributed by atoms with Crippen LogP contribution in [0, 0.1) is 0 Å². The maximum atomic E-state index is 5.94. The highest BCUT2D eigenvalue weighted by molar-refractivity contribution is 9.10. The SMILES string of the molecule is CCC/C(=N\Nc1nc(-c2ccc(Cl)cc2)cs1)c1ccc(Br)cc1. The third kappa shape index (κ3) is 4.91. The standard InChI is InChI=1S/C19H17BrClN3S/c1-2-3-17(13-4-8-15(20)9-5-13)23-24-19-22-18(12-25-19)14-6-10-16(21)11-7-14/h4-12H,2-3H2,1H3,(H,22,24)/b23-17+. The van der Waals surface area contributed by atoms with Gasteiger partial charge in [0.05, 0.1) is 11.4 Å². The molecule has 1 heterocycles. The number of anilines is 1. The second kappa shape index (κ2) is 8.61. The van der Waals surface area contributed by atoms with Crippen molar-refractivity contribution in [1.82, 2.24) is 4.98 Å². The Bertz CT molecular complexity index is 857. The topological polar surface area (TPSA) is 37.3 Å². The predicted octanol–water partition coefficient (Wildman–Crippen LogP) is 6.84. The fourth-order valence-electron chi connectivity index (χ4n) is 2.34. The van der Waals surface area contributed by atoms with Crippen molar-refractivity contribution in [3.63, 3.8) is 0 Å². The van der Waals surface area contributed by atoms with Crippen molar-refractivity contribution in [3.05, 3.63) is 69.0 Å². The molecule has 6 heteroatoms. The summed E-state index contributed by atoms with van der Waals surface area (Å²) in [6.45, 7) is 2.15. The molecule has 3 rings (SSSR count). The Morgan fingerprint density at radius 3 is 2.56 bits per heavy atom. The Kier molecular flexibility index (Phi) is 6.24. The summed E-state index contributed by atoms with van der Waals surface area (Å²) in [4.78, 5) is 4.60. The number of thiazole rings is 1. The van der Waals surface area contributed by atoms with E-state index in [-0.39, 0.29) is 0 Å². The van der Waals surface area contributed by atoms with Crippen LogP contribution in [0.2, 0.25) is 5.02 Å². The Morgan fingerprint density at radius 1 is 1.16 bits per heavy atom. The van der Waals surface area contributed by atoms with Crippen LogP contribution in [-0.4, -0.2) is 10.7 Å². The van der Waals surface area contributed by atoms with Crippen LogP contribution in [-0.2, 0) is 0 Å². The third-order valence-corrected chi connectivity index (χ3v) is 5.12. The Balaban J connectivity index is 1.77. The minimum absolute atomic E-state index is 0.723. The van der Waals surface area contributed by atoms with Crippen LogP contribution in [0.5, 0.6) is 0 Å². The highest BCUT2D eigenvalue weighted by atomic mass is 79.9. The number of hydrogen-bond donors (Lipinski definition) is 1. The van der Waals surface area contributed by atoms with Crippen molar-refractivity contribution < 1.29 is 0 Å². The fraction of sp³-hybridized carbons (Fsp3) is 0.158. The lowest BCUT2D eigenvalue weighted by molar-refractivity contribution is 0.987. The van der Waals surface area contributed by atoms with Crippen molar-refractivity contribution >= 4 is 49.7 Å². The predicted molar refractivity (Wildman–Crippen MR) is 112 cm³/mol. The first-order chi connectivity index (χ1) is 12.2. The van der Waals surface area contributed by atoms with Gasteiger partial charge >= 0.3 is 0 Å². The maximum absolute atomic E-state index is 5.94. The van der Waals surface area contributed by atoms with Crippen LogP contribution in [0.4, 0.5) is 5.13 Å². The van der Waals surface area contributed by atoms with Gasteiger partial charge in [-0.25, -0.2) is 4.98 Å². The molecule has 1 aromatic heterocycles. The molecule has 128 valence electrons. The summed E-state index contributed by atoms with van der Waals surface area (Å²) >= 11 is 10.9. The third-order valence-electron chi connectivity index (χ3n) is 3.59. The fourth-order valence-corrected chi connectivity index (χ4v) is 3.39. The van der Waals surface area contributed by atoms with Gasteiger partial charge in [-0.15, -0.1) is 11.3 Å². The molecule has 0 atom stereocenters. The molecule has 0 unspecified atom stereocenters. The zero-order chi connectivity index (χ0) is 17.6. The molecule has 0 radical (unpaired) electrons. The second-order valence-electron chi connectivity index (χ2n) is 5.47. The highest BCUT2D eigenvalue weighted by Crippen LogP contribution is 2.26. The normalized spacial score (nSPS) is 11.6. The summed E-state index contributed by atoms with van der Waals surface area (Å²) in [5.41, 5.74) is 7.20. The maximum Gasteiger partial charge on any atom is 0.203 e. The number of halogens is 2. The molecular formula is C19H17BrClN3S. The van der Waals surface area contributed by atoms with Crippen LogP contribution < -0.4 is 5.43 Å². The average Bonchev–Trinajstić information content (AvgIpc) is 3.09. The van der Waals surface area contributed by atoms with Crippen molar-refractivity contribution in [2.75, 3.05) is 5.43 Å². The summed E-state index contributed by atoms with van der Waals surface area (Å²) in [6.07, 6.45) is 1.94. The van der Waals surface area contributed by atoms with Crippen molar-refractivity contribution in [2.24, 2.45) is 5.10 Å². The Hall–Kier alpha value is -1.69. The van der Waals surface area contributed by atoms with Crippen molar-refractivity contribution in [1.29, 1.82) is 0 Å². The number of hydrazone groups is 1. The summed E-state index contributed by atoms with van der Waals surface area (Å²) in [5.74, 6) is 0. The molecule has 0 amide bonds. The molecule has 0 saturated heterocycles. The number of nitrogens with one attached hydrogen (secondary N) is 1. The molecule has 2 aromatic carbocycles. The van der Waals surface area contributed by atoms with Crippen LogP contribution in [0.1, 0.15) is 25.3 Å². The first-order valence-corrected chi connectivity index (χ1v) is 10.0. The Morgan fingerprint density at radius 2 is 1.88 bits per heavy atom. The van der Waals surface area contributed by atoms with E-state index >= 15 is 0 Å². The largest absolute Gasteiger partial charge is 0.252 e. The van der Waals surface area contributed by atoms with E-state index in [1.165, 1.54) is 11.3 Å². The summed E-state index contributed by atoms with van der Waals surface area (Å²) < 4.78 is 1.06. The number of hydrogen-bond acceptors (Lipinski definition) is 4. The van der Waals surface area contributed by atoms with Crippen molar-refractivity contribution in [3.8, 4) is 11.3 Å². The molecule has 25 heavy (non-hydrogen) atoms. The van der Waals surface area contributed by atoms with E-state index in [0.29, 0.717) is 0 Å². The van der Waals surface area contributed by atoms with Gasteiger partial charge in [0.1, 0.15) is 0 Å². The molecule has 0 aliphatic carbocycles. The van der Waals surface area contributed by atoms with Crippen LogP contribution >= 0.6 is 38.9 Å². The van der Waals surface area contributed by atoms with Gasteiger partial charge < -0.3 is 0 Å². The second-order valence-corrected chi connectivity index (χ2v) is 7.68. The van der Waals surface area contributed by atoms with Gasteiger partial charge in [-0.1, -0.05) is 65.1 Å². The molecule has 3 aromatic rings. The zero-order valence-electron chi connectivity index (χ0n) is 13.7. The number of nitrogens with zero attached hydrogens (tertiary/aromatic N) is 2. The Labute approximate surface area is 164 Å². The van der Waals surface area contributed by atoms with Crippen molar-refractivity contribution in [2.45, 2.75) is 19.8 Å². The lowest BCUT2D eigenvalue weighted by Gasteiger charge is -2.06. The summed E-state index contributed by atoms with van der Waals surface area (Å²) in [7, 11) is 0. The van der Waals surface area contributed by atoms with E-state index in [1.807, 2.05) is 41.8 Å². The van der Waals surface area contributed by atoms with E-state index in [1.54, 1.807) is 0 Å². The van der Waals surface area contributed by atoms with Crippen LogP contribution in [0.15, 0.2) is 63.5 Å². The molecule has 3 nitrogen and oxygen atoms in total. The molecule has 0 aliphatic heterocycles. The van der Waals surface area contributed by atoms with Crippen LogP contribution in [0.25, 0.3) is 11.3 Å². The number of rotatable bonds is 6. The highest BCUT2D eigenvalue weighted by Gasteiger charge is 2.06. The van der Waals surface area contributed by atoms with Gasteiger partial charge in [0.2, 0.25) is 5.13 Å². The molecule has 0 fully saturated rings. The summed E-state index contributed by atoms with van der Waals surface area (Å²) in [5, 5.41) is 8.09. The van der Waals surface area contributed by atoms with E-state index < -0.39 is 0 Å². The molecule has 0 bridgehead atoms. The number of aromatic nitrogens is 1. The van der Waals surface area contributed by atoms with E-state index in [2.05, 4.69) is 50.5 Å². The van der Waals surface area contributed by atoms with Crippen LogP contribution in [0.3, 0.4) is 0 Å². The minimum atomic E-state index is 0.723. The molecule has 1 N–H and O–H groups in total. The molecule has 0 aliphatic rings. The summed E-state index contributed by atoms with van der Waals surface area (Å²) in [6, 6.07) is 15.9. The average molecular weight is 435 g/mol. The first kappa shape index (κ1) is 18.1. The van der Waals surface area contributed by atoms with E-state index in [9.17, 15) is 0 Å². The lowest BCUT2D eigenvalue weighted by atomic mass is 10.1. The van der Waals surface area contributed by atoms with E-state index in [4.69, 9.17) is 11.6 Å². The van der Waals surface area contributed by atoms with Gasteiger partial charge in [0.25, 0.3) is 0 Å². The first-order valence-electron chi connectivity index (χ1n) is 7.95. The van der Waals surface area contributed by atoms with Gasteiger partial charge in [-0.2, -0.15) is 5.10 Å². The number of benzene rings is 2. The van der Waals surface area contributed by atoms with Gasteiger partial charge in [-0.3, -0.25) is 5.43 Å². The lowest BCUT2D eigenvalue weighted by Crippen LogP contribution is -2.04. The zero-order valence-corrected chi connectivity index (χ0v) is 16.8.